The fourth-order valence-electron chi connectivity index (χ4n) is 2.58. The lowest BCUT2D eigenvalue weighted by molar-refractivity contribution is -0.129. The molecule has 0 aromatic carbocycles. The standard InChI is InChI=1S/C14H17N5OS/c20-13(9-21-14-16-10-17-18-14)19-7-3-12(4-8-19)11-1-5-15-6-2-11/h1-2,5-6,10,12H,3-4,7-9H2,(H,16,17,18). The number of hydrogen-bond donors (Lipinski definition) is 1. The second-order valence-electron chi connectivity index (χ2n) is 5.01. The van der Waals surface area contributed by atoms with Crippen LogP contribution in [0.1, 0.15) is 24.3 Å². The Morgan fingerprint density at radius 1 is 1.33 bits per heavy atom. The van der Waals surface area contributed by atoms with E-state index in [1.807, 2.05) is 17.3 Å². The fraction of sp³-hybridized carbons (Fsp3) is 0.429. The number of carbonyl (C=O) groups is 1. The Bertz CT molecular complexity index is 566. The lowest BCUT2D eigenvalue weighted by Gasteiger charge is -2.32. The average Bonchev–Trinajstić information content (AvgIpc) is 3.07. The van der Waals surface area contributed by atoms with Crippen molar-refractivity contribution in [2.45, 2.75) is 23.9 Å². The Morgan fingerprint density at radius 2 is 2.10 bits per heavy atom. The molecule has 1 fully saturated rings. The van der Waals surface area contributed by atoms with Crippen molar-refractivity contribution in [3.8, 4) is 0 Å². The lowest BCUT2D eigenvalue weighted by atomic mass is 9.90. The summed E-state index contributed by atoms with van der Waals surface area (Å²) in [5.41, 5.74) is 1.33. The van der Waals surface area contributed by atoms with Gasteiger partial charge in [0.1, 0.15) is 6.33 Å². The highest BCUT2D eigenvalue weighted by Crippen LogP contribution is 2.27. The van der Waals surface area contributed by atoms with Gasteiger partial charge in [-0.3, -0.25) is 14.9 Å². The number of piperidine rings is 1. The number of amides is 1. The predicted octanol–water partition coefficient (Wildman–Crippen LogP) is 1.70. The summed E-state index contributed by atoms with van der Waals surface area (Å²) in [5.74, 6) is 1.12. The molecule has 0 atom stereocenters. The molecule has 0 radical (unpaired) electrons. The molecule has 0 spiro atoms. The molecule has 0 unspecified atom stereocenters. The molecule has 110 valence electrons. The quantitative estimate of drug-likeness (QED) is 0.870. The van der Waals surface area contributed by atoms with Gasteiger partial charge in [0.15, 0.2) is 5.16 Å². The van der Waals surface area contributed by atoms with E-state index in [-0.39, 0.29) is 5.91 Å². The van der Waals surface area contributed by atoms with Crippen LogP contribution in [0, 0.1) is 0 Å². The van der Waals surface area contributed by atoms with Gasteiger partial charge < -0.3 is 4.90 Å². The summed E-state index contributed by atoms with van der Waals surface area (Å²) in [4.78, 5) is 22.2. The second-order valence-corrected chi connectivity index (χ2v) is 5.98. The average molecular weight is 303 g/mol. The first kappa shape index (κ1) is 14.1. The fourth-order valence-corrected chi connectivity index (χ4v) is 3.26. The zero-order valence-electron chi connectivity index (χ0n) is 11.6. The van der Waals surface area contributed by atoms with Gasteiger partial charge in [0, 0.05) is 25.5 Å². The third-order valence-electron chi connectivity index (χ3n) is 3.75. The molecular weight excluding hydrogens is 286 g/mol. The maximum atomic E-state index is 12.2. The van der Waals surface area contributed by atoms with Crippen molar-refractivity contribution in [2.75, 3.05) is 18.8 Å². The van der Waals surface area contributed by atoms with E-state index < -0.39 is 0 Å². The molecule has 3 heterocycles. The maximum Gasteiger partial charge on any atom is 0.233 e. The molecule has 1 aliphatic heterocycles. The third-order valence-corrected chi connectivity index (χ3v) is 4.61. The number of aromatic amines is 1. The van der Waals surface area contributed by atoms with Crippen LogP contribution >= 0.6 is 11.8 Å². The van der Waals surface area contributed by atoms with Gasteiger partial charge in [-0.15, -0.1) is 0 Å². The largest absolute Gasteiger partial charge is 0.342 e. The van der Waals surface area contributed by atoms with E-state index >= 15 is 0 Å². The van der Waals surface area contributed by atoms with Crippen LogP contribution in [-0.4, -0.2) is 49.8 Å². The number of pyridine rings is 1. The number of likely N-dealkylation sites (tertiary alicyclic amines) is 1. The summed E-state index contributed by atoms with van der Waals surface area (Å²) in [6.45, 7) is 1.64. The Morgan fingerprint density at radius 3 is 2.76 bits per heavy atom. The summed E-state index contributed by atoms with van der Waals surface area (Å²) in [5, 5.41) is 7.21. The Labute approximate surface area is 127 Å². The minimum Gasteiger partial charge on any atom is -0.342 e. The van der Waals surface area contributed by atoms with Crippen molar-refractivity contribution < 1.29 is 4.79 Å². The highest BCUT2D eigenvalue weighted by molar-refractivity contribution is 7.99. The number of hydrogen-bond acceptors (Lipinski definition) is 5. The minimum absolute atomic E-state index is 0.171. The van der Waals surface area contributed by atoms with Gasteiger partial charge in [0.05, 0.1) is 5.75 Å². The summed E-state index contributed by atoms with van der Waals surface area (Å²) in [7, 11) is 0. The topological polar surface area (TPSA) is 74.8 Å². The zero-order chi connectivity index (χ0) is 14.5. The number of nitrogens with zero attached hydrogens (tertiary/aromatic N) is 4. The van der Waals surface area contributed by atoms with Gasteiger partial charge in [0.2, 0.25) is 5.91 Å². The predicted molar refractivity (Wildman–Crippen MR) is 79.9 cm³/mol. The molecule has 0 bridgehead atoms. The van der Waals surface area contributed by atoms with E-state index in [4.69, 9.17) is 0 Å². The Balaban J connectivity index is 1.48. The van der Waals surface area contributed by atoms with Gasteiger partial charge in [-0.1, -0.05) is 11.8 Å². The molecule has 1 N–H and O–H groups in total. The normalized spacial score (nSPS) is 16.1. The van der Waals surface area contributed by atoms with E-state index in [0.29, 0.717) is 16.8 Å². The van der Waals surface area contributed by atoms with Crippen molar-refractivity contribution >= 4 is 17.7 Å². The van der Waals surface area contributed by atoms with Crippen LogP contribution in [-0.2, 0) is 4.79 Å². The minimum atomic E-state index is 0.171. The molecule has 2 aromatic rings. The van der Waals surface area contributed by atoms with Gasteiger partial charge in [-0.2, -0.15) is 5.10 Å². The van der Waals surface area contributed by atoms with Crippen molar-refractivity contribution in [3.63, 3.8) is 0 Å². The molecule has 3 rings (SSSR count). The molecule has 2 aromatic heterocycles. The van der Waals surface area contributed by atoms with E-state index in [9.17, 15) is 4.79 Å². The van der Waals surface area contributed by atoms with Crippen LogP contribution < -0.4 is 0 Å². The summed E-state index contributed by atoms with van der Waals surface area (Å²) in [6, 6.07) is 4.14. The van der Waals surface area contributed by atoms with Gasteiger partial charge in [-0.25, -0.2) is 4.98 Å². The van der Waals surface area contributed by atoms with Crippen LogP contribution in [0.3, 0.4) is 0 Å². The van der Waals surface area contributed by atoms with Crippen molar-refractivity contribution in [2.24, 2.45) is 0 Å². The van der Waals surface area contributed by atoms with Gasteiger partial charge in [0.25, 0.3) is 0 Å². The van der Waals surface area contributed by atoms with Crippen LogP contribution in [0.15, 0.2) is 36.0 Å². The smallest absolute Gasteiger partial charge is 0.233 e. The SMILES string of the molecule is O=C(CSc1ncn[nH]1)N1CCC(c2ccncc2)CC1. The second kappa shape index (κ2) is 6.71. The molecular formula is C14H17N5OS. The van der Waals surface area contributed by atoms with Crippen LogP contribution in [0.5, 0.6) is 0 Å². The molecule has 7 heteroatoms. The summed E-state index contributed by atoms with van der Waals surface area (Å²) < 4.78 is 0. The first-order valence-electron chi connectivity index (χ1n) is 6.99. The third kappa shape index (κ3) is 3.60. The van der Waals surface area contributed by atoms with E-state index in [0.717, 1.165) is 25.9 Å². The Hall–Kier alpha value is -1.89. The first-order chi connectivity index (χ1) is 10.3. The van der Waals surface area contributed by atoms with E-state index in [1.54, 1.807) is 0 Å². The molecule has 6 nitrogen and oxygen atoms in total. The highest BCUT2D eigenvalue weighted by Gasteiger charge is 2.23. The number of thioether (sulfide) groups is 1. The van der Waals surface area contributed by atoms with Gasteiger partial charge in [-0.05, 0) is 36.5 Å². The van der Waals surface area contributed by atoms with Gasteiger partial charge >= 0.3 is 0 Å². The van der Waals surface area contributed by atoms with E-state index in [1.165, 1.54) is 23.7 Å². The zero-order valence-corrected chi connectivity index (χ0v) is 12.4. The number of H-pyrrole nitrogens is 1. The number of carbonyl (C=O) groups excluding carboxylic acids is 1. The van der Waals surface area contributed by atoms with Crippen molar-refractivity contribution in [3.05, 3.63) is 36.4 Å². The molecule has 1 amide bonds. The molecule has 1 aliphatic rings. The number of rotatable bonds is 4. The maximum absolute atomic E-state index is 12.2. The van der Waals surface area contributed by atoms with E-state index in [2.05, 4.69) is 32.3 Å². The van der Waals surface area contributed by atoms with Crippen LogP contribution in [0.2, 0.25) is 0 Å². The summed E-state index contributed by atoms with van der Waals surface area (Å²) >= 11 is 1.40. The van der Waals surface area contributed by atoms with Crippen molar-refractivity contribution in [1.82, 2.24) is 25.1 Å². The van der Waals surface area contributed by atoms with Crippen molar-refractivity contribution in [1.29, 1.82) is 0 Å². The van der Waals surface area contributed by atoms with Crippen LogP contribution in [0.25, 0.3) is 0 Å². The lowest BCUT2D eigenvalue weighted by Crippen LogP contribution is -2.38. The highest BCUT2D eigenvalue weighted by atomic mass is 32.2. The molecule has 21 heavy (non-hydrogen) atoms. The summed E-state index contributed by atoms with van der Waals surface area (Å²) in [6.07, 6.45) is 7.15. The number of nitrogens with one attached hydrogen (secondary N) is 1. The first-order valence-corrected chi connectivity index (χ1v) is 7.97. The molecule has 0 aliphatic carbocycles. The molecule has 1 saturated heterocycles. The van der Waals surface area contributed by atoms with Crippen LogP contribution in [0.4, 0.5) is 0 Å². The molecule has 0 saturated carbocycles. The monoisotopic (exact) mass is 303 g/mol. The Kier molecular flexibility index (Phi) is 4.49. The number of aromatic nitrogens is 4.